The van der Waals surface area contributed by atoms with Crippen LogP contribution in [0.2, 0.25) is 0 Å². The van der Waals surface area contributed by atoms with Gasteiger partial charge in [-0.15, -0.1) is 0 Å². The van der Waals surface area contributed by atoms with Crippen LogP contribution in [-0.4, -0.2) is 68.5 Å². The van der Waals surface area contributed by atoms with E-state index in [4.69, 9.17) is 9.05 Å². The van der Waals surface area contributed by atoms with Crippen LogP contribution in [0.1, 0.15) is 200 Å². The van der Waals surface area contributed by atoms with Crippen molar-refractivity contribution in [3.8, 4) is 0 Å². The molecule has 0 aliphatic rings. The summed E-state index contributed by atoms with van der Waals surface area (Å²) in [6.45, 7) is 4.47. The van der Waals surface area contributed by atoms with Gasteiger partial charge in [0.2, 0.25) is 5.91 Å². The number of unbranched alkanes of at least 4 members (excludes halogenated alkanes) is 15. The summed E-state index contributed by atoms with van der Waals surface area (Å²) in [7, 11) is 1.23. The molecule has 0 saturated carbocycles. The number of rotatable bonds is 50. The van der Waals surface area contributed by atoms with E-state index in [9.17, 15) is 19.4 Å². The summed E-state index contributed by atoms with van der Waals surface area (Å²) in [4.78, 5) is 25.4. The van der Waals surface area contributed by atoms with Gasteiger partial charge in [-0.1, -0.05) is 237 Å². The number of amides is 1. The summed E-state index contributed by atoms with van der Waals surface area (Å²) in [5.74, 6) is -0.217. The zero-order valence-electron chi connectivity index (χ0n) is 47.0. The average Bonchev–Trinajstić information content (AvgIpc) is 3.35. The average molecular weight is 1030 g/mol. The number of allylic oxidation sites excluding steroid dienone is 23. The largest absolute Gasteiger partial charge is 0.756 e. The van der Waals surface area contributed by atoms with Crippen molar-refractivity contribution in [3.63, 3.8) is 0 Å². The number of aliphatic hydroxyl groups is 1. The Morgan fingerprint density at radius 3 is 1.22 bits per heavy atom. The maximum atomic E-state index is 12.9. The van der Waals surface area contributed by atoms with E-state index in [0.29, 0.717) is 17.4 Å². The van der Waals surface area contributed by atoms with Gasteiger partial charge in [-0.05, 0) is 103 Å². The Labute approximate surface area is 449 Å². The Morgan fingerprint density at radius 1 is 0.493 bits per heavy atom. The van der Waals surface area contributed by atoms with Gasteiger partial charge in [0, 0.05) is 6.42 Å². The Bertz CT molecular complexity index is 1690. The molecular formula is C64H107N2O6P. The number of hydrogen-bond donors (Lipinski definition) is 2. The molecule has 8 nitrogen and oxygen atoms in total. The molecule has 414 valence electrons. The SMILES string of the molecule is CC/C=C\C/C=C\C/C=C\C/C=C\C/C=C\C/C=C\C/C=C\C/C=C\C/C=C\C/C=C\C/C=C\CCCCCCCCCC(=O)NC(COP(=O)([O-])OCC[N+](C)(C)C)C(O)/C=C/CCCCCCCCCC. The molecule has 0 aliphatic heterocycles. The topological polar surface area (TPSA) is 108 Å². The van der Waals surface area contributed by atoms with Crippen molar-refractivity contribution in [2.24, 2.45) is 0 Å². The van der Waals surface area contributed by atoms with E-state index in [-0.39, 0.29) is 12.5 Å². The third-order valence-electron chi connectivity index (χ3n) is 11.8. The number of hydrogen-bond acceptors (Lipinski definition) is 6. The first-order valence-electron chi connectivity index (χ1n) is 28.7. The lowest BCUT2D eigenvalue weighted by atomic mass is 10.1. The molecule has 73 heavy (non-hydrogen) atoms. The van der Waals surface area contributed by atoms with Gasteiger partial charge in [0.15, 0.2) is 0 Å². The first kappa shape index (κ1) is 69.4. The normalized spacial score (nSPS) is 15.0. The van der Waals surface area contributed by atoms with Crippen LogP contribution in [0.25, 0.3) is 0 Å². The van der Waals surface area contributed by atoms with E-state index in [2.05, 4.69) is 153 Å². The van der Waals surface area contributed by atoms with Crippen LogP contribution >= 0.6 is 7.82 Å². The van der Waals surface area contributed by atoms with E-state index in [0.717, 1.165) is 122 Å². The van der Waals surface area contributed by atoms with Crippen molar-refractivity contribution < 1.29 is 32.9 Å². The maximum Gasteiger partial charge on any atom is 0.268 e. The van der Waals surface area contributed by atoms with Crippen molar-refractivity contribution in [3.05, 3.63) is 146 Å². The van der Waals surface area contributed by atoms with Crippen LogP contribution in [0.3, 0.4) is 0 Å². The molecule has 3 unspecified atom stereocenters. The van der Waals surface area contributed by atoms with Crippen LogP contribution in [0.15, 0.2) is 146 Å². The van der Waals surface area contributed by atoms with E-state index >= 15 is 0 Å². The highest BCUT2D eigenvalue weighted by Gasteiger charge is 2.23. The fourth-order valence-corrected chi connectivity index (χ4v) is 8.06. The Morgan fingerprint density at radius 2 is 0.836 bits per heavy atom. The number of phosphoric acid groups is 1. The van der Waals surface area contributed by atoms with Gasteiger partial charge < -0.3 is 28.8 Å². The zero-order valence-corrected chi connectivity index (χ0v) is 47.9. The van der Waals surface area contributed by atoms with Crippen LogP contribution in [0.4, 0.5) is 0 Å². The van der Waals surface area contributed by atoms with Crippen LogP contribution in [0, 0.1) is 0 Å². The van der Waals surface area contributed by atoms with Crippen LogP contribution < -0.4 is 10.2 Å². The highest BCUT2D eigenvalue weighted by Crippen LogP contribution is 2.38. The predicted octanol–water partition coefficient (Wildman–Crippen LogP) is 17.1. The number of carbonyl (C=O) groups excluding carboxylic acids is 1. The molecule has 0 aromatic rings. The fourth-order valence-electron chi connectivity index (χ4n) is 7.33. The zero-order chi connectivity index (χ0) is 53.5. The molecule has 0 spiro atoms. The maximum absolute atomic E-state index is 12.9. The van der Waals surface area contributed by atoms with E-state index in [1.807, 2.05) is 27.2 Å². The van der Waals surface area contributed by atoms with E-state index in [1.54, 1.807) is 6.08 Å². The van der Waals surface area contributed by atoms with Crippen molar-refractivity contribution in [1.29, 1.82) is 0 Å². The Hall–Kier alpha value is -3.62. The third kappa shape index (κ3) is 56.0. The molecule has 0 rings (SSSR count). The summed E-state index contributed by atoms with van der Waals surface area (Å²) in [6, 6.07) is -0.901. The number of nitrogens with one attached hydrogen (secondary N) is 1. The Kier molecular flexibility index (Phi) is 50.6. The smallest absolute Gasteiger partial charge is 0.268 e. The number of carbonyl (C=O) groups is 1. The van der Waals surface area contributed by atoms with Crippen LogP contribution in [0.5, 0.6) is 0 Å². The van der Waals surface area contributed by atoms with Crippen molar-refractivity contribution in [1.82, 2.24) is 5.32 Å². The third-order valence-corrected chi connectivity index (χ3v) is 12.8. The number of nitrogens with zero attached hydrogens (tertiary/aromatic N) is 1. The van der Waals surface area contributed by atoms with Gasteiger partial charge in [0.05, 0.1) is 39.9 Å². The first-order chi connectivity index (χ1) is 35.5. The van der Waals surface area contributed by atoms with Gasteiger partial charge >= 0.3 is 0 Å². The number of aliphatic hydroxyl groups excluding tert-OH is 1. The minimum absolute atomic E-state index is 0.0108. The molecule has 0 bridgehead atoms. The molecule has 9 heteroatoms. The lowest BCUT2D eigenvalue weighted by Crippen LogP contribution is -2.45. The summed E-state index contributed by atoms with van der Waals surface area (Å²) in [6.07, 6.45) is 82.2. The molecule has 0 radical (unpaired) electrons. The molecule has 1 amide bonds. The van der Waals surface area contributed by atoms with E-state index < -0.39 is 26.6 Å². The van der Waals surface area contributed by atoms with Gasteiger partial charge in [-0.25, -0.2) is 0 Å². The molecule has 0 heterocycles. The molecular weight excluding hydrogens is 924 g/mol. The van der Waals surface area contributed by atoms with Gasteiger partial charge in [-0.3, -0.25) is 9.36 Å². The van der Waals surface area contributed by atoms with Crippen molar-refractivity contribution in [2.75, 3.05) is 40.9 Å². The standard InChI is InChI=1S/C64H107N2O6P/c1-6-8-10-12-14-16-18-19-20-21-22-23-24-25-26-27-28-29-30-31-32-33-34-35-36-37-38-39-40-41-42-43-44-45-46-47-48-50-52-54-56-58-64(68)65-62(61-72-73(69,70)71-60-59-66(3,4)5)63(67)57-55-53-51-49-17-15-13-11-9-7-2/h8,10,14,16,19-20,22-23,25-26,28-29,31-32,34-35,37-38,40-41,43-44,55,57,62-63,67H,6-7,9,11-13,15,17-18,21,24,27,30,33,36,39,42,45-54,56,58-61H2,1-5H3,(H-,65,68,69,70)/b10-8-,16-14-,20-19-,23-22-,26-25-,29-28-,32-31-,35-34-,38-37-,41-40-,44-43-,57-55+. The molecule has 0 fully saturated rings. The second kappa shape index (κ2) is 53.2. The van der Waals surface area contributed by atoms with Gasteiger partial charge in [0.1, 0.15) is 13.2 Å². The fraction of sp³-hybridized carbons (Fsp3) is 0.609. The molecule has 0 saturated heterocycles. The molecule has 3 atom stereocenters. The molecule has 0 aromatic carbocycles. The van der Waals surface area contributed by atoms with Crippen molar-refractivity contribution >= 4 is 13.7 Å². The quantitative estimate of drug-likeness (QED) is 0.0272. The predicted molar refractivity (Wildman–Crippen MR) is 315 cm³/mol. The monoisotopic (exact) mass is 1030 g/mol. The summed E-state index contributed by atoms with van der Waals surface area (Å²) in [5, 5.41) is 13.8. The lowest BCUT2D eigenvalue weighted by molar-refractivity contribution is -0.870. The summed E-state index contributed by atoms with van der Waals surface area (Å²) < 4.78 is 23.2. The molecule has 2 N–H and O–H groups in total. The first-order valence-corrected chi connectivity index (χ1v) is 30.2. The van der Waals surface area contributed by atoms with E-state index in [1.165, 1.54) is 57.8 Å². The van der Waals surface area contributed by atoms with Gasteiger partial charge in [-0.2, -0.15) is 0 Å². The Balaban J connectivity index is 4.09. The second-order valence-corrected chi connectivity index (χ2v) is 21.3. The minimum Gasteiger partial charge on any atom is -0.756 e. The number of quaternary nitrogens is 1. The highest BCUT2D eigenvalue weighted by molar-refractivity contribution is 7.45. The van der Waals surface area contributed by atoms with Gasteiger partial charge in [0.25, 0.3) is 7.82 Å². The summed E-state index contributed by atoms with van der Waals surface area (Å²) >= 11 is 0. The molecule has 0 aliphatic carbocycles. The second-order valence-electron chi connectivity index (χ2n) is 19.9. The van der Waals surface area contributed by atoms with Crippen molar-refractivity contribution in [2.45, 2.75) is 212 Å². The number of phosphoric ester groups is 1. The summed E-state index contributed by atoms with van der Waals surface area (Å²) in [5.41, 5.74) is 0. The lowest BCUT2D eigenvalue weighted by Gasteiger charge is -2.29. The number of likely N-dealkylation sites (N-methyl/N-ethyl adjacent to an activating group) is 1. The minimum atomic E-state index is -4.60. The van der Waals surface area contributed by atoms with Crippen LogP contribution in [-0.2, 0) is 18.4 Å². The molecule has 0 aromatic heterocycles. The highest BCUT2D eigenvalue weighted by atomic mass is 31.2.